The lowest BCUT2D eigenvalue weighted by Gasteiger charge is -1.98. The fourth-order valence-corrected chi connectivity index (χ4v) is 3.50. The van der Waals surface area contributed by atoms with Crippen LogP contribution in [0.1, 0.15) is 55.1 Å². The molecule has 0 aromatic carbocycles. The van der Waals surface area contributed by atoms with Gasteiger partial charge in [0.2, 0.25) is 0 Å². The molecule has 0 saturated heterocycles. The molecule has 0 aliphatic heterocycles. The Kier molecular flexibility index (Phi) is 6.85. The Morgan fingerprint density at radius 1 is 1.25 bits per heavy atom. The number of halogens is 2. The van der Waals surface area contributed by atoms with Crippen molar-refractivity contribution in [1.29, 1.82) is 0 Å². The third kappa shape index (κ3) is 4.68. The molecule has 1 rings (SSSR count). The summed E-state index contributed by atoms with van der Waals surface area (Å²) >= 11 is 8.32. The molecule has 1 heterocycles. The molecule has 16 heavy (non-hydrogen) atoms. The summed E-state index contributed by atoms with van der Waals surface area (Å²) in [4.78, 5) is 12.7. The van der Waals surface area contributed by atoms with Crippen LogP contribution in [0.4, 0.5) is 0 Å². The standard InChI is InChI=1S/C12H16Br2OS/c1-2-3-4-5-6-7-10(15)11-8-9(13)12(14)16-11/h8H,2-7H2,1H3. The van der Waals surface area contributed by atoms with Crippen molar-refractivity contribution in [3.05, 3.63) is 19.2 Å². The summed E-state index contributed by atoms with van der Waals surface area (Å²) in [5.74, 6) is 0.271. The highest BCUT2D eigenvalue weighted by Gasteiger charge is 2.11. The van der Waals surface area contributed by atoms with E-state index >= 15 is 0 Å². The van der Waals surface area contributed by atoms with Gasteiger partial charge in [-0.15, -0.1) is 11.3 Å². The number of hydrogen-bond donors (Lipinski definition) is 0. The van der Waals surface area contributed by atoms with Crippen LogP contribution in [0.2, 0.25) is 0 Å². The Bertz CT molecular complexity index is 327. The molecule has 0 amide bonds. The van der Waals surface area contributed by atoms with E-state index in [0.29, 0.717) is 6.42 Å². The molecular formula is C12H16Br2OS. The van der Waals surface area contributed by atoms with Crippen molar-refractivity contribution in [3.63, 3.8) is 0 Å². The molecule has 0 N–H and O–H groups in total. The summed E-state index contributed by atoms with van der Waals surface area (Å²) in [5.41, 5.74) is 0. The lowest BCUT2D eigenvalue weighted by atomic mass is 10.1. The van der Waals surface area contributed by atoms with Crippen molar-refractivity contribution in [3.8, 4) is 0 Å². The van der Waals surface area contributed by atoms with Gasteiger partial charge in [0.05, 0.1) is 8.66 Å². The predicted molar refractivity (Wildman–Crippen MR) is 77.4 cm³/mol. The van der Waals surface area contributed by atoms with Crippen LogP contribution in [0.3, 0.4) is 0 Å². The Morgan fingerprint density at radius 3 is 2.50 bits per heavy atom. The molecule has 0 bridgehead atoms. The van der Waals surface area contributed by atoms with Crippen LogP contribution < -0.4 is 0 Å². The Labute approximate surface area is 118 Å². The van der Waals surface area contributed by atoms with Gasteiger partial charge in [-0.1, -0.05) is 32.6 Å². The van der Waals surface area contributed by atoms with Gasteiger partial charge in [-0.25, -0.2) is 0 Å². The number of hydrogen-bond acceptors (Lipinski definition) is 2. The summed E-state index contributed by atoms with van der Waals surface area (Å²) in [6.45, 7) is 2.20. The summed E-state index contributed by atoms with van der Waals surface area (Å²) in [7, 11) is 0. The van der Waals surface area contributed by atoms with E-state index in [1.165, 1.54) is 37.0 Å². The molecule has 1 nitrogen and oxygen atoms in total. The number of rotatable bonds is 7. The lowest BCUT2D eigenvalue weighted by Crippen LogP contribution is -1.95. The van der Waals surface area contributed by atoms with Crippen LogP contribution in [0, 0.1) is 0 Å². The first-order valence-corrected chi connectivity index (χ1v) is 8.03. The topological polar surface area (TPSA) is 17.1 Å². The van der Waals surface area contributed by atoms with Crippen LogP contribution in [0.15, 0.2) is 14.3 Å². The molecule has 0 unspecified atom stereocenters. The summed E-state index contributed by atoms with van der Waals surface area (Å²) in [6, 6.07) is 1.91. The summed E-state index contributed by atoms with van der Waals surface area (Å²) < 4.78 is 1.98. The quantitative estimate of drug-likeness (QED) is 0.438. The minimum absolute atomic E-state index is 0.271. The van der Waals surface area contributed by atoms with Gasteiger partial charge in [0, 0.05) is 10.9 Å². The van der Waals surface area contributed by atoms with E-state index in [-0.39, 0.29) is 5.78 Å². The first-order chi connectivity index (χ1) is 7.65. The van der Waals surface area contributed by atoms with E-state index in [1.807, 2.05) is 6.07 Å². The van der Waals surface area contributed by atoms with Gasteiger partial charge < -0.3 is 0 Å². The maximum absolute atomic E-state index is 11.8. The van der Waals surface area contributed by atoms with Crippen LogP contribution in [0.25, 0.3) is 0 Å². The van der Waals surface area contributed by atoms with E-state index in [0.717, 1.165) is 19.6 Å². The van der Waals surface area contributed by atoms with E-state index in [9.17, 15) is 4.79 Å². The van der Waals surface area contributed by atoms with Crippen molar-refractivity contribution in [2.75, 3.05) is 0 Å². The van der Waals surface area contributed by atoms with Gasteiger partial charge in [0.15, 0.2) is 5.78 Å². The van der Waals surface area contributed by atoms with E-state index in [4.69, 9.17) is 0 Å². The predicted octanol–water partition coefficient (Wildman–Crippen LogP) is 5.82. The van der Waals surface area contributed by atoms with E-state index in [2.05, 4.69) is 38.8 Å². The average Bonchev–Trinajstić information content (AvgIpc) is 2.59. The molecule has 1 aromatic heterocycles. The molecule has 1 aromatic rings. The highest BCUT2D eigenvalue weighted by Crippen LogP contribution is 2.33. The first-order valence-electron chi connectivity index (χ1n) is 5.63. The number of carbonyl (C=O) groups is 1. The lowest BCUT2D eigenvalue weighted by molar-refractivity contribution is 0.0983. The fourth-order valence-electron chi connectivity index (χ4n) is 1.50. The monoisotopic (exact) mass is 366 g/mol. The molecule has 4 heteroatoms. The first kappa shape index (κ1) is 14.4. The van der Waals surface area contributed by atoms with Crippen molar-refractivity contribution in [2.45, 2.75) is 45.4 Å². The number of unbranched alkanes of at least 4 members (excludes halogenated alkanes) is 4. The van der Waals surface area contributed by atoms with Gasteiger partial charge in [-0.3, -0.25) is 4.79 Å². The van der Waals surface area contributed by atoms with Gasteiger partial charge in [-0.05, 0) is 44.3 Å². The average molecular weight is 368 g/mol. The number of Topliss-reactive ketones (excluding diaryl/α,β-unsaturated/α-hetero) is 1. The molecule has 0 saturated carbocycles. The van der Waals surface area contributed by atoms with E-state index < -0.39 is 0 Å². The molecule has 0 aliphatic carbocycles. The highest BCUT2D eigenvalue weighted by molar-refractivity contribution is 9.13. The molecular weight excluding hydrogens is 352 g/mol. The third-order valence-corrected chi connectivity index (χ3v) is 5.72. The maximum atomic E-state index is 11.8. The SMILES string of the molecule is CCCCCCCC(=O)c1cc(Br)c(Br)s1. The Morgan fingerprint density at radius 2 is 1.94 bits per heavy atom. The largest absolute Gasteiger partial charge is 0.293 e. The van der Waals surface area contributed by atoms with Crippen molar-refractivity contribution >= 4 is 49.0 Å². The van der Waals surface area contributed by atoms with Crippen molar-refractivity contribution in [1.82, 2.24) is 0 Å². The third-order valence-electron chi connectivity index (χ3n) is 2.43. The number of thiophene rings is 1. The second-order valence-corrected chi connectivity index (χ2v) is 7.04. The zero-order chi connectivity index (χ0) is 12.0. The second-order valence-electron chi connectivity index (χ2n) is 3.82. The minimum atomic E-state index is 0.271. The smallest absolute Gasteiger partial charge is 0.172 e. The minimum Gasteiger partial charge on any atom is -0.293 e. The highest BCUT2D eigenvalue weighted by atomic mass is 79.9. The van der Waals surface area contributed by atoms with Gasteiger partial charge in [0.1, 0.15) is 0 Å². The Hall–Kier alpha value is 0.330. The van der Waals surface area contributed by atoms with Crippen LogP contribution in [-0.2, 0) is 0 Å². The zero-order valence-corrected chi connectivity index (χ0v) is 13.4. The van der Waals surface area contributed by atoms with Crippen molar-refractivity contribution in [2.24, 2.45) is 0 Å². The van der Waals surface area contributed by atoms with Crippen LogP contribution in [0.5, 0.6) is 0 Å². The molecule has 0 fully saturated rings. The van der Waals surface area contributed by atoms with Gasteiger partial charge >= 0.3 is 0 Å². The Balaban J connectivity index is 2.30. The zero-order valence-electron chi connectivity index (χ0n) is 9.39. The fraction of sp³-hybridized carbons (Fsp3) is 0.583. The second kappa shape index (κ2) is 7.62. The van der Waals surface area contributed by atoms with Crippen molar-refractivity contribution < 1.29 is 4.79 Å². The number of carbonyl (C=O) groups excluding carboxylic acids is 1. The molecule has 0 spiro atoms. The van der Waals surface area contributed by atoms with E-state index in [1.54, 1.807) is 0 Å². The van der Waals surface area contributed by atoms with Crippen LogP contribution in [-0.4, -0.2) is 5.78 Å². The summed E-state index contributed by atoms with van der Waals surface area (Å²) in [6.07, 6.45) is 6.66. The molecule has 0 atom stereocenters. The molecule has 0 aliphatic rings. The van der Waals surface area contributed by atoms with Gasteiger partial charge in [0.25, 0.3) is 0 Å². The maximum Gasteiger partial charge on any atom is 0.172 e. The number of ketones is 1. The molecule has 0 radical (unpaired) electrons. The van der Waals surface area contributed by atoms with Gasteiger partial charge in [-0.2, -0.15) is 0 Å². The normalized spacial score (nSPS) is 10.7. The molecule has 90 valence electrons. The van der Waals surface area contributed by atoms with Crippen LogP contribution >= 0.6 is 43.2 Å². The summed E-state index contributed by atoms with van der Waals surface area (Å²) in [5, 5.41) is 0.